The predicted octanol–water partition coefficient (Wildman–Crippen LogP) is 1.38. The number of nitrogens with one attached hydrogen (secondary N) is 1. The highest BCUT2D eigenvalue weighted by Gasteiger charge is 2.15. The van der Waals surface area contributed by atoms with Crippen LogP contribution >= 0.6 is 0 Å². The van der Waals surface area contributed by atoms with Crippen molar-refractivity contribution >= 4 is 0 Å². The molecule has 1 fully saturated rings. The van der Waals surface area contributed by atoms with Crippen LogP contribution < -0.4 is 10.1 Å². The fourth-order valence-corrected chi connectivity index (χ4v) is 1.99. The number of ether oxygens (including phenoxy) is 1. The molecular weight excluding hydrogens is 226 g/mol. The zero-order valence-electron chi connectivity index (χ0n) is 9.80. The number of rotatable bonds is 3. The topological polar surface area (TPSA) is 24.5 Å². The van der Waals surface area contributed by atoms with Crippen LogP contribution in [0, 0.1) is 11.6 Å². The molecular formula is C12H16F2N2O. The molecule has 2 rings (SSSR count). The molecule has 0 atom stereocenters. The Balaban J connectivity index is 2.15. The minimum Gasteiger partial charge on any atom is -0.496 e. The molecule has 1 saturated heterocycles. The van der Waals surface area contributed by atoms with E-state index in [2.05, 4.69) is 10.2 Å². The first-order chi connectivity index (χ1) is 8.20. The molecule has 1 aliphatic rings. The van der Waals surface area contributed by atoms with Crippen molar-refractivity contribution in [3.05, 3.63) is 29.3 Å². The molecule has 1 N–H and O–H groups in total. The Morgan fingerprint density at radius 3 is 2.53 bits per heavy atom. The summed E-state index contributed by atoms with van der Waals surface area (Å²) >= 11 is 0. The van der Waals surface area contributed by atoms with Gasteiger partial charge in [0.05, 0.1) is 7.11 Å². The number of hydrogen-bond acceptors (Lipinski definition) is 3. The maximum absolute atomic E-state index is 13.2. The summed E-state index contributed by atoms with van der Waals surface area (Å²) in [4.78, 5) is 2.19. The second-order valence-electron chi connectivity index (χ2n) is 4.10. The Bertz CT molecular complexity index is 392. The highest BCUT2D eigenvalue weighted by atomic mass is 19.2. The van der Waals surface area contributed by atoms with Crippen LogP contribution in [-0.4, -0.2) is 38.2 Å². The minimum atomic E-state index is -0.870. The van der Waals surface area contributed by atoms with E-state index in [1.807, 2.05) is 0 Å². The third kappa shape index (κ3) is 2.92. The number of methoxy groups -OCH3 is 1. The zero-order chi connectivity index (χ0) is 12.3. The summed E-state index contributed by atoms with van der Waals surface area (Å²) in [5, 5.41) is 3.24. The Hall–Kier alpha value is -1.20. The first-order valence-corrected chi connectivity index (χ1v) is 5.65. The SMILES string of the molecule is COc1cc(F)c(F)cc1CN1CCNCC1. The number of nitrogens with zero attached hydrogens (tertiary/aromatic N) is 1. The van der Waals surface area contributed by atoms with Crippen LogP contribution in [0.4, 0.5) is 8.78 Å². The Morgan fingerprint density at radius 1 is 1.24 bits per heavy atom. The van der Waals surface area contributed by atoms with Gasteiger partial charge in [0.2, 0.25) is 0 Å². The molecule has 0 radical (unpaired) electrons. The summed E-state index contributed by atoms with van der Waals surface area (Å²) in [5.74, 6) is -1.29. The summed E-state index contributed by atoms with van der Waals surface area (Å²) in [6.07, 6.45) is 0. The quantitative estimate of drug-likeness (QED) is 0.866. The summed E-state index contributed by atoms with van der Waals surface area (Å²) < 4.78 is 31.3. The lowest BCUT2D eigenvalue weighted by Gasteiger charge is -2.27. The van der Waals surface area contributed by atoms with Crippen LogP contribution in [0.25, 0.3) is 0 Å². The normalized spacial score (nSPS) is 17.1. The molecule has 1 aromatic rings. The van der Waals surface area contributed by atoms with E-state index in [1.165, 1.54) is 13.2 Å². The van der Waals surface area contributed by atoms with Crippen molar-refractivity contribution in [3.63, 3.8) is 0 Å². The molecule has 0 amide bonds. The first-order valence-electron chi connectivity index (χ1n) is 5.65. The maximum atomic E-state index is 13.2. The average Bonchev–Trinajstić information content (AvgIpc) is 2.35. The van der Waals surface area contributed by atoms with E-state index < -0.39 is 11.6 Å². The fourth-order valence-electron chi connectivity index (χ4n) is 1.99. The lowest BCUT2D eigenvalue weighted by Crippen LogP contribution is -2.42. The Kier molecular flexibility index (Phi) is 3.91. The number of piperazine rings is 1. The van der Waals surface area contributed by atoms with Gasteiger partial charge in [0.15, 0.2) is 11.6 Å². The van der Waals surface area contributed by atoms with Gasteiger partial charge in [-0.15, -0.1) is 0 Å². The highest BCUT2D eigenvalue weighted by molar-refractivity contribution is 5.34. The van der Waals surface area contributed by atoms with Crippen LogP contribution in [0.5, 0.6) is 5.75 Å². The van der Waals surface area contributed by atoms with E-state index in [9.17, 15) is 8.78 Å². The summed E-state index contributed by atoms with van der Waals surface area (Å²) in [5.41, 5.74) is 0.688. The molecule has 0 saturated carbocycles. The van der Waals surface area contributed by atoms with Gasteiger partial charge in [0.25, 0.3) is 0 Å². The van der Waals surface area contributed by atoms with Gasteiger partial charge in [-0.2, -0.15) is 0 Å². The van der Waals surface area contributed by atoms with Crippen molar-refractivity contribution in [3.8, 4) is 5.75 Å². The van der Waals surface area contributed by atoms with E-state index in [1.54, 1.807) is 0 Å². The molecule has 0 bridgehead atoms. The van der Waals surface area contributed by atoms with Crippen molar-refractivity contribution in [1.82, 2.24) is 10.2 Å². The van der Waals surface area contributed by atoms with Gasteiger partial charge in [-0.05, 0) is 6.07 Å². The second kappa shape index (κ2) is 5.42. The van der Waals surface area contributed by atoms with Crippen LogP contribution in [0.15, 0.2) is 12.1 Å². The third-order valence-corrected chi connectivity index (χ3v) is 2.93. The van der Waals surface area contributed by atoms with Gasteiger partial charge in [-0.3, -0.25) is 4.90 Å². The third-order valence-electron chi connectivity index (χ3n) is 2.93. The van der Waals surface area contributed by atoms with Gasteiger partial charge in [-0.25, -0.2) is 8.78 Å². The molecule has 3 nitrogen and oxygen atoms in total. The number of hydrogen-bond donors (Lipinski definition) is 1. The van der Waals surface area contributed by atoms with Crippen molar-refractivity contribution in [2.24, 2.45) is 0 Å². The summed E-state index contributed by atoms with van der Waals surface area (Å²) in [6, 6.07) is 2.32. The van der Waals surface area contributed by atoms with Gasteiger partial charge in [0, 0.05) is 44.4 Å². The maximum Gasteiger partial charge on any atom is 0.162 e. The van der Waals surface area contributed by atoms with E-state index in [0.29, 0.717) is 17.9 Å². The summed E-state index contributed by atoms with van der Waals surface area (Å²) in [7, 11) is 1.47. The molecule has 0 spiro atoms. The predicted molar refractivity (Wildman–Crippen MR) is 61.1 cm³/mol. The van der Waals surface area contributed by atoms with Gasteiger partial charge in [-0.1, -0.05) is 0 Å². The lowest BCUT2D eigenvalue weighted by molar-refractivity contribution is 0.229. The van der Waals surface area contributed by atoms with Gasteiger partial charge < -0.3 is 10.1 Å². The molecule has 0 aromatic heterocycles. The largest absolute Gasteiger partial charge is 0.496 e. The Morgan fingerprint density at radius 2 is 1.88 bits per heavy atom. The van der Waals surface area contributed by atoms with Crippen molar-refractivity contribution in [2.75, 3.05) is 33.3 Å². The van der Waals surface area contributed by atoms with Crippen LogP contribution in [0.3, 0.4) is 0 Å². The molecule has 5 heteroatoms. The average molecular weight is 242 g/mol. The lowest BCUT2D eigenvalue weighted by atomic mass is 10.1. The minimum absolute atomic E-state index is 0.405. The van der Waals surface area contributed by atoms with Crippen LogP contribution in [0.2, 0.25) is 0 Å². The Labute approximate surface area is 99.4 Å². The second-order valence-corrected chi connectivity index (χ2v) is 4.10. The van der Waals surface area contributed by atoms with E-state index in [4.69, 9.17) is 4.74 Å². The molecule has 1 aromatic carbocycles. The molecule has 1 aliphatic heterocycles. The van der Waals surface area contributed by atoms with Crippen LogP contribution in [0.1, 0.15) is 5.56 Å². The van der Waals surface area contributed by atoms with E-state index in [0.717, 1.165) is 32.2 Å². The van der Waals surface area contributed by atoms with E-state index in [-0.39, 0.29) is 0 Å². The van der Waals surface area contributed by atoms with Gasteiger partial charge >= 0.3 is 0 Å². The van der Waals surface area contributed by atoms with Crippen molar-refractivity contribution in [2.45, 2.75) is 6.54 Å². The van der Waals surface area contributed by atoms with E-state index >= 15 is 0 Å². The summed E-state index contributed by atoms with van der Waals surface area (Å²) in [6.45, 7) is 4.24. The molecule has 94 valence electrons. The molecule has 1 heterocycles. The highest BCUT2D eigenvalue weighted by Crippen LogP contribution is 2.23. The van der Waals surface area contributed by atoms with Gasteiger partial charge in [0.1, 0.15) is 5.75 Å². The molecule has 0 unspecified atom stereocenters. The zero-order valence-corrected chi connectivity index (χ0v) is 9.80. The molecule has 17 heavy (non-hydrogen) atoms. The smallest absolute Gasteiger partial charge is 0.162 e. The standard InChI is InChI=1S/C12H16F2N2O/c1-17-12-7-11(14)10(13)6-9(12)8-16-4-2-15-3-5-16/h6-7,15H,2-5,8H2,1H3. The van der Waals surface area contributed by atoms with Crippen molar-refractivity contribution in [1.29, 1.82) is 0 Å². The number of benzene rings is 1. The monoisotopic (exact) mass is 242 g/mol. The van der Waals surface area contributed by atoms with Crippen LogP contribution in [-0.2, 0) is 6.54 Å². The fraction of sp³-hybridized carbons (Fsp3) is 0.500. The molecule has 0 aliphatic carbocycles. The first kappa shape index (κ1) is 12.3. The number of halogens is 2. The van der Waals surface area contributed by atoms with Crippen molar-refractivity contribution < 1.29 is 13.5 Å².